The first kappa shape index (κ1) is 12.8. The Kier molecular flexibility index (Phi) is 3.62. The molecule has 0 unspecified atom stereocenters. The Hall–Kier alpha value is -1.26. The maximum absolute atomic E-state index is 4.22. The van der Waals surface area contributed by atoms with E-state index in [2.05, 4.69) is 41.7 Å². The monoisotopic (exact) mass is 273 g/mol. The lowest BCUT2D eigenvalue weighted by Crippen LogP contribution is -2.15. The lowest BCUT2D eigenvalue weighted by molar-refractivity contribution is 0.680. The Bertz CT molecular complexity index is 573. The molecule has 1 aromatic carbocycles. The molecule has 1 aliphatic carbocycles. The van der Waals surface area contributed by atoms with Crippen LogP contribution in [0.5, 0.6) is 0 Å². The van der Waals surface area contributed by atoms with Crippen molar-refractivity contribution in [2.45, 2.75) is 42.1 Å². The molecule has 1 aliphatic rings. The van der Waals surface area contributed by atoms with E-state index in [4.69, 9.17) is 0 Å². The van der Waals surface area contributed by atoms with Crippen molar-refractivity contribution in [2.24, 2.45) is 7.05 Å². The van der Waals surface area contributed by atoms with Crippen molar-refractivity contribution in [1.82, 2.24) is 15.1 Å². The molecule has 1 aromatic heterocycles. The molecule has 4 heteroatoms. The highest BCUT2D eigenvalue weighted by molar-refractivity contribution is 7.99. The Morgan fingerprint density at radius 3 is 2.95 bits per heavy atom. The second-order valence-electron chi connectivity index (χ2n) is 5.22. The second kappa shape index (κ2) is 5.39. The zero-order chi connectivity index (χ0) is 13.2. The van der Waals surface area contributed by atoms with Crippen LogP contribution in [0.15, 0.2) is 40.4 Å². The van der Waals surface area contributed by atoms with Gasteiger partial charge in [-0.2, -0.15) is 5.10 Å². The van der Waals surface area contributed by atoms with E-state index in [0.717, 1.165) is 12.6 Å². The molecule has 1 fully saturated rings. The SMILES string of the molecule is Cc1ccc(Sc2cnn(C)c2)c(CNC2CC2)c1. The molecule has 1 saturated carbocycles. The number of aryl methyl sites for hydroxylation is 2. The molecule has 1 N–H and O–H groups in total. The van der Waals surface area contributed by atoms with Crippen molar-refractivity contribution in [3.05, 3.63) is 41.7 Å². The lowest BCUT2D eigenvalue weighted by atomic mass is 10.1. The Balaban J connectivity index is 1.77. The highest BCUT2D eigenvalue weighted by atomic mass is 32.2. The van der Waals surface area contributed by atoms with Gasteiger partial charge in [-0.1, -0.05) is 29.5 Å². The van der Waals surface area contributed by atoms with Crippen LogP contribution in [0.4, 0.5) is 0 Å². The molecule has 0 spiro atoms. The Morgan fingerprint density at radius 2 is 2.26 bits per heavy atom. The number of aromatic nitrogens is 2. The highest BCUT2D eigenvalue weighted by Gasteiger charge is 2.20. The minimum absolute atomic E-state index is 0.747. The van der Waals surface area contributed by atoms with E-state index >= 15 is 0 Å². The molecule has 2 aromatic rings. The molecule has 0 bridgehead atoms. The smallest absolute Gasteiger partial charge is 0.0629 e. The molecule has 0 amide bonds. The molecule has 0 atom stereocenters. The maximum atomic E-state index is 4.22. The molecule has 3 rings (SSSR count). The summed E-state index contributed by atoms with van der Waals surface area (Å²) in [6, 6.07) is 7.43. The molecule has 0 aliphatic heterocycles. The van der Waals surface area contributed by atoms with Crippen LogP contribution in [0.3, 0.4) is 0 Å². The van der Waals surface area contributed by atoms with Crippen molar-refractivity contribution in [2.75, 3.05) is 0 Å². The van der Waals surface area contributed by atoms with Crippen LogP contribution in [0.2, 0.25) is 0 Å². The van der Waals surface area contributed by atoms with Crippen molar-refractivity contribution in [1.29, 1.82) is 0 Å². The summed E-state index contributed by atoms with van der Waals surface area (Å²) in [5, 5.41) is 7.82. The van der Waals surface area contributed by atoms with Gasteiger partial charge in [-0.3, -0.25) is 4.68 Å². The largest absolute Gasteiger partial charge is 0.310 e. The third-order valence-electron chi connectivity index (χ3n) is 3.28. The van der Waals surface area contributed by atoms with Gasteiger partial charge in [-0.05, 0) is 31.4 Å². The van der Waals surface area contributed by atoms with Crippen molar-refractivity contribution in [3.8, 4) is 0 Å². The van der Waals surface area contributed by atoms with E-state index in [9.17, 15) is 0 Å². The van der Waals surface area contributed by atoms with Gasteiger partial charge in [0.15, 0.2) is 0 Å². The van der Waals surface area contributed by atoms with Gasteiger partial charge in [-0.15, -0.1) is 0 Å². The van der Waals surface area contributed by atoms with Crippen LogP contribution >= 0.6 is 11.8 Å². The number of nitrogens with zero attached hydrogens (tertiary/aromatic N) is 2. The molecular formula is C15H19N3S. The van der Waals surface area contributed by atoms with Crippen molar-refractivity contribution < 1.29 is 0 Å². The normalized spacial score (nSPS) is 14.8. The maximum Gasteiger partial charge on any atom is 0.0629 e. The summed E-state index contributed by atoms with van der Waals surface area (Å²) in [5.41, 5.74) is 2.71. The van der Waals surface area contributed by atoms with Gasteiger partial charge in [0.1, 0.15) is 0 Å². The molecule has 100 valence electrons. The fourth-order valence-corrected chi connectivity index (χ4v) is 3.02. The van der Waals surface area contributed by atoms with E-state index in [1.54, 1.807) is 11.8 Å². The third kappa shape index (κ3) is 3.39. The van der Waals surface area contributed by atoms with Crippen LogP contribution < -0.4 is 5.32 Å². The standard InChI is InChI=1S/C15H19N3S/c1-11-3-6-15(19-14-9-17-18(2)10-14)12(7-11)8-16-13-4-5-13/h3,6-7,9-10,13,16H,4-5,8H2,1-2H3. The van der Waals surface area contributed by atoms with Crippen LogP contribution in [-0.4, -0.2) is 15.8 Å². The topological polar surface area (TPSA) is 29.9 Å². The van der Waals surface area contributed by atoms with Gasteiger partial charge in [-0.25, -0.2) is 0 Å². The summed E-state index contributed by atoms with van der Waals surface area (Å²) < 4.78 is 1.85. The Labute approximate surface area is 118 Å². The average Bonchev–Trinajstić information content (AvgIpc) is 3.13. The van der Waals surface area contributed by atoms with E-state index in [1.807, 2.05) is 17.9 Å². The molecule has 19 heavy (non-hydrogen) atoms. The van der Waals surface area contributed by atoms with Crippen molar-refractivity contribution in [3.63, 3.8) is 0 Å². The van der Waals surface area contributed by atoms with Crippen LogP contribution in [0, 0.1) is 6.92 Å². The fourth-order valence-electron chi connectivity index (χ4n) is 2.07. The predicted octanol–water partition coefficient (Wildman–Crippen LogP) is 3.13. The summed E-state index contributed by atoms with van der Waals surface area (Å²) in [4.78, 5) is 2.52. The van der Waals surface area contributed by atoms with E-state index in [-0.39, 0.29) is 0 Å². The molecule has 0 radical (unpaired) electrons. The summed E-state index contributed by atoms with van der Waals surface area (Å²) >= 11 is 1.79. The minimum atomic E-state index is 0.747. The first-order valence-electron chi connectivity index (χ1n) is 6.70. The highest BCUT2D eigenvalue weighted by Crippen LogP contribution is 2.31. The molecular weight excluding hydrogens is 254 g/mol. The fraction of sp³-hybridized carbons (Fsp3) is 0.400. The number of rotatable bonds is 5. The van der Waals surface area contributed by atoms with E-state index < -0.39 is 0 Å². The Morgan fingerprint density at radius 1 is 1.42 bits per heavy atom. The minimum Gasteiger partial charge on any atom is -0.310 e. The van der Waals surface area contributed by atoms with Gasteiger partial charge in [0.05, 0.1) is 11.1 Å². The van der Waals surface area contributed by atoms with Gasteiger partial charge in [0.25, 0.3) is 0 Å². The van der Waals surface area contributed by atoms with Crippen LogP contribution in [0.25, 0.3) is 0 Å². The van der Waals surface area contributed by atoms with Crippen LogP contribution in [-0.2, 0) is 13.6 Å². The van der Waals surface area contributed by atoms with Crippen molar-refractivity contribution >= 4 is 11.8 Å². The summed E-state index contributed by atoms with van der Waals surface area (Å²) in [5.74, 6) is 0. The van der Waals surface area contributed by atoms with Gasteiger partial charge in [0.2, 0.25) is 0 Å². The number of hydrogen-bond donors (Lipinski definition) is 1. The average molecular weight is 273 g/mol. The second-order valence-corrected chi connectivity index (χ2v) is 6.33. The summed E-state index contributed by atoms with van der Waals surface area (Å²) in [6.45, 7) is 3.12. The lowest BCUT2D eigenvalue weighted by Gasteiger charge is -2.10. The third-order valence-corrected chi connectivity index (χ3v) is 4.35. The van der Waals surface area contributed by atoms with E-state index in [0.29, 0.717) is 0 Å². The zero-order valence-corrected chi connectivity index (χ0v) is 12.2. The zero-order valence-electron chi connectivity index (χ0n) is 11.4. The molecule has 1 heterocycles. The number of hydrogen-bond acceptors (Lipinski definition) is 3. The predicted molar refractivity (Wildman–Crippen MR) is 78.4 cm³/mol. The summed E-state index contributed by atoms with van der Waals surface area (Å²) in [7, 11) is 1.95. The quantitative estimate of drug-likeness (QED) is 0.907. The molecule has 0 saturated heterocycles. The molecule has 3 nitrogen and oxygen atoms in total. The first-order valence-corrected chi connectivity index (χ1v) is 7.52. The first-order chi connectivity index (χ1) is 9.20. The summed E-state index contributed by atoms with van der Waals surface area (Å²) in [6.07, 6.45) is 6.64. The van der Waals surface area contributed by atoms with Gasteiger partial charge in [0, 0.05) is 30.7 Å². The number of benzene rings is 1. The number of nitrogens with one attached hydrogen (secondary N) is 1. The van der Waals surface area contributed by atoms with Crippen LogP contribution in [0.1, 0.15) is 24.0 Å². The van der Waals surface area contributed by atoms with Gasteiger partial charge < -0.3 is 5.32 Å². The van der Waals surface area contributed by atoms with Gasteiger partial charge >= 0.3 is 0 Å². The van der Waals surface area contributed by atoms with E-state index in [1.165, 1.54) is 33.8 Å².